The molecule has 1 heterocycles. The summed E-state index contributed by atoms with van der Waals surface area (Å²) in [4.78, 5) is 14.1. The van der Waals surface area contributed by atoms with Crippen molar-refractivity contribution in [3.8, 4) is 0 Å². The summed E-state index contributed by atoms with van der Waals surface area (Å²) in [5.74, 6) is -0.290. The lowest BCUT2D eigenvalue weighted by molar-refractivity contribution is 0.0955. The zero-order valence-corrected chi connectivity index (χ0v) is 12.7. The van der Waals surface area contributed by atoms with Gasteiger partial charge in [0.25, 0.3) is 5.91 Å². The summed E-state index contributed by atoms with van der Waals surface area (Å²) < 4.78 is 13.2. The number of carbonyl (C=O) groups is 1. The molecule has 1 amide bonds. The molecule has 2 rings (SSSR count). The number of hydrogen-bond donors (Lipinski definition) is 1. The van der Waals surface area contributed by atoms with Gasteiger partial charge in [0.1, 0.15) is 5.82 Å². The van der Waals surface area contributed by atoms with Gasteiger partial charge in [0, 0.05) is 11.4 Å². The number of rotatable bonds is 4. The molecule has 20 heavy (non-hydrogen) atoms. The maximum absolute atomic E-state index is 13.2. The predicted molar refractivity (Wildman–Crippen MR) is 80.7 cm³/mol. The van der Waals surface area contributed by atoms with E-state index in [1.54, 1.807) is 19.1 Å². The molecule has 1 aromatic carbocycles. The second kappa shape index (κ2) is 6.18. The second-order valence-corrected chi connectivity index (χ2v) is 5.97. The van der Waals surface area contributed by atoms with Crippen LogP contribution in [0.3, 0.4) is 0 Å². The van der Waals surface area contributed by atoms with E-state index < -0.39 is 0 Å². The van der Waals surface area contributed by atoms with E-state index >= 15 is 0 Å². The van der Waals surface area contributed by atoms with Crippen molar-refractivity contribution < 1.29 is 9.18 Å². The molecule has 1 aromatic heterocycles. The smallest absolute Gasteiger partial charge is 0.261 e. The summed E-state index contributed by atoms with van der Waals surface area (Å²) in [6, 6.07) is 6.81. The van der Waals surface area contributed by atoms with Crippen molar-refractivity contribution in [1.82, 2.24) is 5.32 Å². The third-order valence-corrected chi connectivity index (χ3v) is 4.62. The van der Waals surface area contributed by atoms with Crippen LogP contribution in [0.2, 0.25) is 0 Å². The van der Waals surface area contributed by atoms with Crippen molar-refractivity contribution in [2.24, 2.45) is 0 Å². The summed E-state index contributed by atoms with van der Waals surface area (Å²) in [5, 5.41) is 2.88. The number of aryl methyl sites for hydroxylation is 3. The lowest BCUT2D eigenvalue weighted by Crippen LogP contribution is -2.21. The summed E-state index contributed by atoms with van der Waals surface area (Å²) in [6.07, 6.45) is 0.945. The maximum Gasteiger partial charge on any atom is 0.261 e. The minimum absolute atomic E-state index is 0.0696. The van der Waals surface area contributed by atoms with Gasteiger partial charge >= 0.3 is 0 Å². The van der Waals surface area contributed by atoms with Crippen molar-refractivity contribution in [3.05, 3.63) is 56.5 Å². The number of hydrogen-bond acceptors (Lipinski definition) is 2. The maximum atomic E-state index is 13.2. The molecular formula is C16H18FNOS. The SMILES string of the molecule is CCc1sc(C(=O)NCc2ccc(F)c(C)c2)cc1C. The van der Waals surface area contributed by atoms with Gasteiger partial charge in [-0.15, -0.1) is 11.3 Å². The Labute approximate surface area is 122 Å². The van der Waals surface area contributed by atoms with Crippen molar-refractivity contribution >= 4 is 17.2 Å². The number of benzene rings is 1. The Morgan fingerprint density at radius 1 is 1.25 bits per heavy atom. The van der Waals surface area contributed by atoms with Gasteiger partial charge in [-0.05, 0) is 49.1 Å². The molecular weight excluding hydrogens is 273 g/mol. The van der Waals surface area contributed by atoms with Gasteiger partial charge in [-0.3, -0.25) is 4.79 Å². The van der Waals surface area contributed by atoms with Crippen LogP contribution in [0.15, 0.2) is 24.3 Å². The molecule has 0 bridgehead atoms. The molecule has 1 N–H and O–H groups in total. The van der Waals surface area contributed by atoms with Gasteiger partial charge < -0.3 is 5.32 Å². The largest absolute Gasteiger partial charge is 0.347 e. The fraction of sp³-hybridized carbons (Fsp3) is 0.312. The van der Waals surface area contributed by atoms with Gasteiger partial charge in [0.2, 0.25) is 0 Å². The van der Waals surface area contributed by atoms with E-state index in [2.05, 4.69) is 12.2 Å². The Bertz CT molecular complexity index is 633. The van der Waals surface area contributed by atoms with Crippen LogP contribution in [-0.4, -0.2) is 5.91 Å². The van der Waals surface area contributed by atoms with Crippen LogP contribution in [0, 0.1) is 19.7 Å². The topological polar surface area (TPSA) is 29.1 Å². The summed E-state index contributed by atoms with van der Waals surface area (Å²) in [6.45, 7) is 6.24. The number of thiophene rings is 1. The van der Waals surface area contributed by atoms with Gasteiger partial charge in [-0.1, -0.05) is 19.1 Å². The highest BCUT2D eigenvalue weighted by molar-refractivity contribution is 7.14. The zero-order valence-electron chi connectivity index (χ0n) is 11.9. The Hall–Kier alpha value is -1.68. The minimum atomic E-state index is -0.221. The second-order valence-electron chi connectivity index (χ2n) is 4.84. The van der Waals surface area contributed by atoms with Crippen LogP contribution in [0.4, 0.5) is 4.39 Å². The first kappa shape index (κ1) is 14.7. The van der Waals surface area contributed by atoms with Crippen LogP contribution in [-0.2, 0) is 13.0 Å². The fourth-order valence-corrected chi connectivity index (χ4v) is 3.10. The van der Waals surface area contributed by atoms with Crippen molar-refractivity contribution in [3.63, 3.8) is 0 Å². The summed E-state index contributed by atoms with van der Waals surface area (Å²) in [5.41, 5.74) is 2.67. The van der Waals surface area contributed by atoms with Crippen LogP contribution in [0.5, 0.6) is 0 Å². The molecule has 0 fully saturated rings. The van der Waals surface area contributed by atoms with Crippen LogP contribution in [0.25, 0.3) is 0 Å². The van der Waals surface area contributed by atoms with E-state index in [-0.39, 0.29) is 11.7 Å². The molecule has 0 aliphatic heterocycles. The monoisotopic (exact) mass is 291 g/mol. The average Bonchev–Trinajstić information content (AvgIpc) is 2.81. The molecule has 0 spiro atoms. The standard InChI is InChI=1S/C16H18FNOS/c1-4-14-11(3)8-15(20-14)16(19)18-9-12-5-6-13(17)10(2)7-12/h5-8H,4,9H2,1-3H3,(H,18,19). The summed E-state index contributed by atoms with van der Waals surface area (Å²) in [7, 11) is 0. The number of carbonyl (C=O) groups excluding carboxylic acids is 1. The molecule has 0 saturated heterocycles. The quantitative estimate of drug-likeness (QED) is 0.906. The Morgan fingerprint density at radius 2 is 2.00 bits per heavy atom. The molecule has 0 saturated carbocycles. The Morgan fingerprint density at radius 3 is 2.60 bits per heavy atom. The predicted octanol–water partition coefficient (Wildman–Crippen LogP) is 4.00. The molecule has 2 aromatic rings. The van der Waals surface area contributed by atoms with Crippen LogP contribution in [0.1, 0.15) is 38.2 Å². The minimum Gasteiger partial charge on any atom is -0.347 e. The van der Waals surface area contributed by atoms with Crippen molar-refractivity contribution in [1.29, 1.82) is 0 Å². The molecule has 0 aliphatic rings. The third kappa shape index (κ3) is 3.25. The third-order valence-electron chi connectivity index (χ3n) is 3.24. The molecule has 106 valence electrons. The normalized spacial score (nSPS) is 10.6. The van der Waals surface area contributed by atoms with Gasteiger partial charge in [-0.25, -0.2) is 4.39 Å². The Balaban J connectivity index is 2.02. The van der Waals surface area contributed by atoms with E-state index in [4.69, 9.17) is 0 Å². The molecule has 0 radical (unpaired) electrons. The van der Waals surface area contributed by atoms with E-state index in [1.165, 1.54) is 27.8 Å². The van der Waals surface area contributed by atoms with Crippen LogP contribution >= 0.6 is 11.3 Å². The number of halogens is 1. The fourth-order valence-electron chi connectivity index (χ4n) is 2.07. The number of nitrogens with one attached hydrogen (secondary N) is 1. The number of amides is 1. The molecule has 2 nitrogen and oxygen atoms in total. The van der Waals surface area contributed by atoms with E-state index in [0.717, 1.165) is 16.9 Å². The first-order valence-corrected chi connectivity index (χ1v) is 7.45. The molecule has 0 atom stereocenters. The highest BCUT2D eigenvalue weighted by atomic mass is 32.1. The Kier molecular flexibility index (Phi) is 4.55. The van der Waals surface area contributed by atoms with E-state index in [9.17, 15) is 9.18 Å². The van der Waals surface area contributed by atoms with Crippen LogP contribution < -0.4 is 5.32 Å². The first-order chi connectivity index (χ1) is 9.51. The van der Waals surface area contributed by atoms with Gasteiger partial charge in [0.15, 0.2) is 0 Å². The lowest BCUT2D eigenvalue weighted by Gasteiger charge is -2.05. The molecule has 0 aliphatic carbocycles. The highest BCUT2D eigenvalue weighted by Crippen LogP contribution is 2.22. The molecule has 0 unspecified atom stereocenters. The van der Waals surface area contributed by atoms with Gasteiger partial charge in [-0.2, -0.15) is 0 Å². The summed E-state index contributed by atoms with van der Waals surface area (Å²) >= 11 is 1.54. The zero-order chi connectivity index (χ0) is 14.7. The van der Waals surface area contributed by atoms with Crippen molar-refractivity contribution in [2.75, 3.05) is 0 Å². The van der Waals surface area contributed by atoms with E-state index in [0.29, 0.717) is 12.1 Å². The lowest BCUT2D eigenvalue weighted by atomic mass is 10.1. The van der Waals surface area contributed by atoms with Crippen molar-refractivity contribution in [2.45, 2.75) is 33.7 Å². The molecule has 4 heteroatoms. The van der Waals surface area contributed by atoms with Gasteiger partial charge in [0.05, 0.1) is 4.88 Å². The average molecular weight is 291 g/mol. The highest BCUT2D eigenvalue weighted by Gasteiger charge is 2.11. The first-order valence-electron chi connectivity index (χ1n) is 6.63. The van der Waals surface area contributed by atoms with E-state index in [1.807, 2.05) is 13.0 Å².